The van der Waals surface area contributed by atoms with Gasteiger partial charge in [0.15, 0.2) is 0 Å². The van der Waals surface area contributed by atoms with Crippen molar-refractivity contribution in [3.8, 4) is 126 Å². The Morgan fingerprint density at radius 2 is 0.352 bits per heavy atom. The number of nitro groups is 1. The highest BCUT2D eigenvalue weighted by Crippen LogP contribution is 2.39. The van der Waals surface area contributed by atoms with Gasteiger partial charge in [-0.1, -0.05) is 258 Å². The maximum Gasteiger partial charge on any atom is 0.272 e. The highest BCUT2D eigenvalue weighted by atomic mass is 32.2. The molecule has 0 saturated heterocycles. The summed E-state index contributed by atoms with van der Waals surface area (Å²) in [6.45, 7) is 28.5. The first-order chi connectivity index (χ1) is 69.9. The lowest BCUT2D eigenvalue weighted by Gasteiger charge is -2.26. The molecule has 728 valence electrons. The van der Waals surface area contributed by atoms with Crippen molar-refractivity contribution in [2.45, 2.75) is 112 Å². The van der Waals surface area contributed by atoms with Gasteiger partial charge in [0.2, 0.25) is 9.84 Å². The SMILES string of the molecule is Cc1ccc(C)c([N+](=O)[O-])c1.Cc1ccc(Oc2ccc(-c3ccc(Oc4ccc(C)cc4)cc3)cc2)cc1.Cc1ccc(Oc2ccc(C(C)(C)c3ccc(Oc4ccc(C)cc4)cc3)cc2)cc1.Cc1ccc(Oc2ccc(Oc3ccc(C)cc3)cc2)cc1.Cc1ccc(Oc2ccc(S(=O)(=O)c3ccc(Oc4ccc(C)cc4)cc3)cc2)cc1.Cc1ccc(Oc2cccc(Oc3ccc(C)cc3)c2)cc1. The van der Waals surface area contributed by atoms with Crippen molar-refractivity contribution in [3.63, 3.8) is 0 Å². The minimum atomic E-state index is -3.64. The summed E-state index contributed by atoms with van der Waals surface area (Å²) in [5.41, 5.74) is 18.5. The molecule has 0 aliphatic heterocycles. The molecular weight excluding hydrogens is 1820 g/mol. The Labute approximate surface area is 851 Å². The lowest BCUT2D eigenvalue weighted by atomic mass is 9.78. The van der Waals surface area contributed by atoms with Crippen LogP contribution in [-0.2, 0) is 15.3 Å². The minimum Gasteiger partial charge on any atom is -0.457 e. The molecule has 0 saturated carbocycles. The lowest BCUT2D eigenvalue weighted by molar-refractivity contribution is -0.385. The van der Waals surface area contributed by atoms with Crippen LogP contribution in [0.15, 0.2) is 465 Å². The van der Waals surface area contributed by atoms with Crippen molar-refractivity contribution in [1.82, 2.24) is 0 Å². The van der Waals surface area contributed by atoms with Gasteiger partial charge in [-0.25, -0.2) is 8.42 Å². The van der Waals surface area contributed by atoms with E-state index >= 15 is 0 Å². The summed E-state index contributed by atoms with van der Waals surface area (Å²) in [6.07, 6.45) is 0. The molecule has 19 aromatic carbocycles. The maximum atomic E-state index is 13.0. The van der Waals surface area contributed by atoms with Crippen LogP contribution in [-0.4, -0.2) is 13.3 Å². The Morgan fingerprint density at radius 3 is 0.538 bits per heavy atom. The Hall–Kier alpha value is -17.5. The standard InChI is InChI=1S/C29H28O2.C26H22O4S.C26H22O2.2C20H18O2.C8H9NO2/c1-21-5-13-25(14-6-21)30-27-17-9-23(10-18-27)29(3,4)24-11-19-28(20-12-24)31-26-15-7-22(2)8-16-26;1-19-3-7-21(8-4-19)29-23-11-15-25(16-12-23)31(27,28)26-17-13-24(14-18-26)30-22-9-5-20(2)6-10-22;1-19-3-11-23(12-4-19)27-25-15-7-21(8-16-25)22-9-17-26(18-10-22)28-24-13-5-20(2)6-14-24;1-15-3-7-17(8-4-15)21-19-11-13-20(14-12-19)22-18-9-5-16(2)6-10-18;1-15-6-10-17(11-7-15)21-19-4-3-5-20(14-19)22-18-12-8-16(2)9-13-18;1-6-3-4-7(2)8(5-6)9(10)11/h5-20H,1-4H3;3-18H,1-2H3;3-18H,1-2H3;2*3-14H,1-2H3;3-5H,1-2H3. The van der Waals surface area contributed by atoms with Crippen LogP contribution in [0.25, 0.3) is 11.1 Å². The second-order valence-corrected chi connectivity index (χ2v) is 37.8. The highest BCUT2D eigenvalue weighted by Gasteiger charge is 2.24. The molecule has 0 aliphatic carbocycles. The molecule has 19 rings (SSSR count). The summed E-state index contributed by atoms with van der Waals surface area (Å²) < 4.78 is 84.5. The van der Waals surface area contributed by atoms with E-state index in [4.69, 9.17) is 47.4 Å². The first-order valence-corrected chi connectivity index (χ1v) is 49.2. The molecule has 15 nitrogen and oxygen atoms in total. The third-order valence-electron chi connectivity index (χ3n) is 23.2. The average Bonchev–Trinajstić information content (AvgIpc) is 0.798. The van der Waals surface area contributed by atoms with Gasteiger partial charge in [-0.2, -0.15) is 0 Å². The number of ether oxygens (including phenoxy) is 10. The largest absolute Gasteiger partial charge is 0.457 e. The molecule has 0 N–H and O–H groups in total. The summed E-state index contributed by atoms with van der Waals surface area (Å²) in [7, 11) is -3.64. The van der Waals surface area contributed by atoms with Crippen LogP contribution < -0.4 is 47.4 Å². The van der Waals surface area contributed by atoms with Gasteiger partial charge < -0.3 is 47.4 Å². The Bertz CT molecular complexity index is 7040. The van der Waals surface area contributed by atoms with Crippen LogP contribution >= 0.6 is 0 Å². The molecule has 0 heterocycles. The Balaban J connectivity index is 0.000000140. The third-order valence-corrected chi connectivity index (χ3v) is 25.0. The van der Waals surface area contributed by atoms with Crippen molar-refractivity contribution in [2.24, 2.45) is 0 Å². The molecule has 16 heteroatoms. The fraction of sp³-hybridized carbons (Fsp3) is 0.116. The molecule has 0 bridgehead atoms. The van der Waals surface area contributed by atoms with Gasteiger partial charge in [-0.15, -0.1) is 0 Å². The number of nitrogens with zero attached hydrogens (tertiary/aromatic N) is 1. The molecule has 0 spiro atoms. The van der Waals surface area contributed by atoms with Gasteiger partial charge in [-0.05, 0) is 366 Å². The van der Waals surface area contributed by atoms with Crippen LogP contribution in [0, 0.1) is 93.2 Å². The van der Waals surface area contributed by atoms with E-state index in [1.165, 1.54) is 55.6 Å². The number of benzene rings is 19. The van der Waals surface area contributed by atoms with E-state index in [0.717, 1.165) is 120 Å². The summed E-state index contributed by atoms with van der Waals surface area (Å²) in [4.78, 5) is 10.4. The average molecular weight is 1940 g/mol. The first-order valence-electron chi connectivity index (χ1n) is 47.7. The molecule has 0 aliphatic rings. The number of sulfone groups is 1. The molecule has 0 atom stereocenters. The molecular formula is C129H117NO14S. The van der Waals surface area contributed by atoms with Crippen LogP contribution in [0.1, 0.15) is 91.7 Å². The number of rotatable bonds is 26. The molecule has 19 aromatic rings. The summed E-state index contributed by atoms with van der Waals surface area (Å²) in [5.74, 6) is 15.7. The molecule has 0 unspecified atom stereocenters. The van der Waals surface area contributed by atoms with Gasteiger partial charge in [0, 0.05) is 23.1 Å². The number of aryl methyl sites for hydroxylation is 12. The van der Waals surface area contributed by atoms with Gasteiger partial charge in [0.05, 0.1) is 14.7 Å². The predicted molar refractivity (Wildman–Crippen MR) is 583 cm³/mol. The van der Waals surface area contributed by atoms with Crippen molar-refractivity contribution < 1.29 is 60.7 Å². The number of hydrogen-bond acceptors (Lipinski definition) is 14. The quantitative estimate of drug-likeness (QED) is 0.0371. The van der Waals surface area contributed by atoms with Crippen LogP contribution in [0.2, 0.25) is 0 Å². The zero-order valence-corrected chi connectivity index (χ0v) is 84.7. The van der Waals surface area contributed by atoms with Crippen LogP contribution in [0.4, 0.5) is 5.69 Å². The second-order valence-electron chi connectivity index (χ2n) is 35.8. The monoisotopic (exact) mass is 1940 g/mol. The number of hydrogen-bond donors (Lipinski definition) is 0. The van der Waals surface area contributed by atoms with E-state index in [2.05, 4.69) is 142 Å². The molecule has 0 amide bonds. The Morgan fingerprint density at radius 1 is 0.193 bits per heavy atom. The Kier molecular flexibility index (Phi) is 35.7. The molecule has 145 heavy (non-hydrogen) atoms. The second kappa shape index (κ2) is 50.1. The van der Waals surface area contributed by atoms with Crippen molar-refractivity contribution in [2.75, 3.05) is 0 Å². The van der Waals surface area contributed by atoms with Gasteiger partial charge in [0.25, 0.3) is 5.69 Å². The van der Waals surface area contributed by atoms with Gasteiger partial charge in [-0.3, -0.25) is 10.1 Å². The lowest BCUT2D eigenvalue weighted by Crippen LogP contribution is -2.18. The van der Waals surface area contributed by atoms with E-state index in [0.29, 0.717) is 28.6 Å². The fourth-order valence-corrected chi connectivity index (χ4v) is 15.8. The van der Waals surface area contributed by atoms with E-state index < -0.39 is 9.84 Å². The molecule has 0 aromatic heterocycles. The minimum absolute atomic E-state index is 0.134. The summed E-state index contributed by atoms with van der Waals surface area (Å²) >= 11 is 0. The highest BCUT2D eigenvalue weighted by molar-refractivity contribution is 7.91. The van der Waals surface area contributed by atoms with Gasteiger partial charge in [0.1, 0.15) is 115 Å². The summed E-state index contributed by atoms with van der Waals surface area (Å²) in [6, 6.07) is 146. The van der Waals surface area contributed by atoms with E-state index in [-0.39, 0.29) is 25.8 Å². The summed E-state index contributed by atoms with van der Waals surface area (Å²) in [5, 5.41) is 10.4. The topological polar surface area (TPSA) is 170 Å². The first kappa shape index (κ1) is 103. The van der Waals surface area contributed by atoms with Crippen molar-refractivity contribution in [3.05, 3.63) is 543 Å². The van der Waals surface area contributed by atoms with E-state index in [1.54, 1.807) is 67.6 Å². The fourth-order valence-electron chi connectivity index (χ4n) is 14.5. The third kappa shape index (κ3) is 32.0. The predicted octanol–water partition coefficient (Wildman–Crippen LogP) is 36.5. The normalized spacial score (nSPS) is 10.7. The molecule has 0 fully saturated rings. The van der Waals surface area contributed by atoms with E-state index in [1.807, 2.05) is 342 Å². The van der Waals surface area contributed by atoms with Gasteiger partial charge >= 0.3 is 0 Å². The zero-order chi connectivity index (χ0) is 102. The zero-order valence-electron chi connectivity index (χ0n) is 83.9. The van der Waals surface area contributed by atoms with Crippen LogP contribution in [0.5, 0.6) is 115 Å². The van der Waals surface area contributed by atoms with Crippen LogP contribution in [0.3, 0.4) is 0 Å². The van der Waals surface area contributed by atoms with Crippen molar-refractivity contribution >= 4 is 15.5 Å². The maximum absolute atomic E-state index is 13.0. The van der Waals surface area contributed by atoms with Crippen molar-refractivity contribution in [1.29, 1.82) is 0 Å². The number of nitro benzene ring substituents is 1. The molecule has 0 radical (unpaired) electrons. The smallest absolute Gasteiger partial charge is 0.272 e. The van der Waals surface area contributed by atoms with E-state index in [9.17, 15) is 18.5 Å².